The predicted molar refractivity (Wildman–Crippen MR) is 154 cm³/mol. The van der Waals surface area contributed by atoms with Crippen molar-refractivity contribution in [3.63, 3.8) is 0 Å². The maximum atomic E-state index is 13.1. The maximum absolute atomic E-state index is 13.1. The number of anilines is 1. The zero-order valence-corrected chi connectivity index (χ0v) is 23.0. The molecule has 1 aliphatic carbocycles. The van der Waals surface area contributed by atoms with Crippen LogP contribution in [0.1, 0.15) is 78.3 Å². The van der Waals surface area contributed by atoms with E-state index >= 15 is 0 Å². The molecule has 1 amide bonds. The van der Waals surface area contributed by atoms with Gasteiger partial charge in [-0.2, -0.15) is 0 Å². The lowest BCUT2D eigenvalue weighted by Gasteiger charge is -2.19. The van der Waals surface area contributed by atoms with Gasteiger partial charge >= 0.3 is 0 Å². The van der Waals surface area contributed by atoms with Gasteiger partial charge in [-0.15, -0.1) is 11.3 Å². The van der Waals surface area contributed by atoms with E-state index in [-0.39, 0.29) is 11.9 Å². The summed E-state index contributed by atoms with van der Waals surface area (Å²) in [5.41, 5.74) is 7.49. The first-order valence-electron chi connectivity index (χ1n) is 12.8. The van der Waals surface area contributed by atoms with Gasteiger partial charge < -0.3 is 20.5 Å². The molecule has 0 spiro atoms. The minimum absolute atomic E-state index is 0.193. The fraction of sp³-hybridized carbons (Fsp3) is 0.500. The smallest absolute Gasteiger partial charge is 0.280 e. The molecule has 0 saturated heterocycles. The number of unbranched alkanes of at least 4 members (excludes halogenated alkanes) is 3. The van der Waals surface area contributed by atoms with E-state index in [1.807, 2.05) is 19.1 Å². The van der Waals surface area contributed by atoms with Crippen LogP contribution in [0, 0.1) is 0 Å². The van der Waals surface area contributed by atoms with Gasteiger partial charge in [0.15, 0.2) is 5.01 Å². The first-order chi connectivity index (χ1) is 18.1. The number of aliphatic imine (C=N–C) groups is 2. The molecular formula is C26H37N7O2S2. The van der Waals surface area contributed by atoms with Crippen LogP contribution in [0.4, 0.5) is 5.69 Å². The largest absolute Gasteiger partial charge is 0.477 e. The van der Waals surface area contributed by atoms with E-state index < -0.39 is 0 Å². The lowest BCUT2D eigenvalue weighted by atomic mass is 10.0. The number of nitrogens with two attached hydrogens (primary N) is 1. The van der Waals surface area contributed by atoms with Gasteiger partial charge in [0, 0.05) is 40.8 Å². The quantitative estimate of drug-likeness (QED) is 0.101. The summed E-state index contributed by atoms with van der Waals surface area (Å²) in [5.74, 6) is 0.179. The molecule has 0 aromatic carbocycles. The van der Waals surface area contributed by atoms with Crippen molar-refractivity contribution in [2.24, 2.45) is 15.7 Å². The molecule has 2 heterocycles. The van der Waals surface area contributed by atoms with E-state index in [1.54, 1.807) is 30.6 Å². The lowest BCUT2D eigenvalue weighted by molar-refractivity contribution is 0.0932. The molecule has 9 nitrogen and oxygen atoms in total. The topological polar surface area (TPSA) is 127 Å². The Bertz CT molecular complexity index is 1050. The monoisotopic (exact) mass is 543 g/mol. The number of hydrogen-bond donors (Lipinski definition) is 3. The number of ether oxygens (including phenoxy) is 1. The number of amides is 1. The van der Waals surface area contributed by atoms with Crippen molar-refractivity contribution in [2.75, 3.05) is 17.9 Å². The molecule has 0 bridgehead atoms. The number of aromatic nitrogens is 2. The number of hydrogen-bond acceptors (Lipinski definition) is 10. The first-order valence-corrected chi connectivity index (χ1v) is 14.5. The molecule has 0 radical (unpaired) electrons. The van der Waals surface area contributed by atoms with Crippen LogP contribution in [0.15, 0.2) is 46.6 Å². The molecule has 37 heavy (non-hydrogen) atoms. The van der Waals surface area contributed by atoms with Crippen molar-refractivity contribution in [2.45, 2.75) is 69.6 Å². The molecule has 1 saturated carbocycles. The predicted octanol–water partition coefficient (Wildman–Crippen LogP) is 5.29. The van der Waals surface area contributed by atoms with Gasteiger partial charge in [-0.05, 0) is 69.9 Å². The molecule has 2 aromatic rings. The molecule has 4 N–H and O–H groups in total. The average molecular weight is 544 g/mol. The Morgan fingerprint density at radius 1 is 1.35 bits per heavy atom. The molecule has 1 fully saturated rings. The number of pyridine rings is 1. The Kier molecular flexibility index (Phi) is 12.6. The molecule has 2 aromatic heterocycles. The third kappa shape index (κ3) is 10.6. The zero-order chi connectivity index (χ0) is 26.3. The molecule has 1 unspecified atom stereocenters. The van der Waals surface area contributed by atoms with E-state index in [2.05, 4.69) is 36.7 Å². The Hall–Kier alpha value is -2.76. The highest BCUT2D eigenvalue weighted by atomic mass is 32.2. The number of nitrogens with zero attached hydrogens (tertiary/aromatic N) is 4. The van der Waals surface area contributed by atoms with E-state index in [0.29, 0.717) is 35.7 Å². The number of nitrogens with one attached hydrogen (secondary N) is 2. The number of carbonyl (C=O) groups is 1. The SMILES string of the molecule is C=N/C(=C\N=C/Cc1cnc(C(=O)NC(CCCCCCN)c2cc(NSC3CC3)ccn2)s1)OCC. The third-order valence-electron chi connectivity index (χ3n) is 5.54. The first kappa shape index (κ1) is 28.8. The fourth-order valence-electron chi connectivity index (χ4n) is 3.44. The Morgan fingerprint density at radius 3 is 2.95 bits per heavy atom. The molecule has 200 valence electrons. The highest BCUT2D eigenvalue weighted by Crippen LogP contribution is 2.34. The molecule has 11 heteroatoms. The second-order valence-corrected chi connectivity index (χ2v) is 10.9. The second-order valence-electron chi connectivity index (χ2n) is 8.63. The molecule has 0 aliphatic heterocycles. The number of carbonyl (C=O) groups excluding carboxylic acids is 1. The van der Waals surface area contributed by atoms with E-state index in [9.17, 15) is 4.79 Å². The van der Waals surface area contributed by atoms with Gasteiger partial charge in [0.1, 0.15) is 0 Å². The normalized spacial score (nSPS) is 14.5. The van der Waals surface area contributed by atoms with Gasteiger partial charge in [-0.1, -0.05) is 19.3 Å². The van der Waals surface area contributed by atoms with Crippen molar-refractivity contribution in [1.82, 2.24) is 15.3 Å². The zero-order valence-electron chi connectivity index (χ0n) is 21.4. The minimum Gasteiger partial charge on any atom is -0.477 e. The van der Waals surface area contributed by atoms with Gasteiger partial charge in [-0.25, -0.2) is 9.98 Å². The van der Waals surface area contributed by atoms with Crippen molar-refractivity contribution < 1.29 is 9.53 Å². The highest BCUT2D eigenvalue weighted by molar-refractivity contribution is 8.01. The van der Waals surface area contributed by atoms with Gasteiger partial charge in [-0.3, -0.25) is 14.8 Å². The molecule has 1 atom stereocenters. The van der Waals surface area contributed by atoms with Crippen LogP contribution < -0.4 is 15.8 Å². The highest BCUT2D eigenvalue weighted by Gasteiger charge is 2.23. The van der Waals surface area contributed by atoms with Crippen LogP contribution in [0.25, 0.3) is 0 Å². The second kappa shape index (κ2) is 16.2. The van der Waals surface area contributed by atoms with Crippen LogP contribution >= 0.6 is 23.3 Å². The van der Waals surface area contributed by atoms with E-state index in [0.717, 1.165) is 48.4 Å². The molecule has 3 rings (SSSR count). The summed E-state index contributed by atoms with van der Waals surface area (Å²) in [7, 11) is 0. The Balaban J connectivity index is 1.61. The van der Waals surface area contributed by atoms with Crippen LogP contribution in [0.2, 0.25) is 0 Å². The van der Waals surface area contributed by atoms with Crippen LogP contribution in [-0.2, 0) is 11.2 Å². The fourth-order valence-corrected chi connectivity index (χ4v) is 5.01. The van der Waals surface area contributed by atoms with E-state index in [1.165, 1.54) is 30.4 Å². The lowest BCUT2D eigenvalue weighted by Crippen LogP contribution is -2.29. The van der Waals surface area contributed by atoms with Crippen molar-refractivity contribution >= 4 is 47.8 Å². The average Bonchev–Trinajstić information content (AvgIpc) is 3.63. The third-order valence-corrected chi connectivity index (χ3v) is 7.71. The number of thiazole rings is 1. The van der Waals surface area contributed by atoms with Gasteiger partial charge in [0.25, 0.3) is 5.91 Å². The van der Waals surface area contributed by atoms with Gasteiger partial charge in [0.2, 0.25) is 5.88 Å². The summed E-state index contributed by atoms with van der Waals surface area (Å²) in [6.07, 6.45) is 14.8. The maximum Gasteiger partial charge on any atom is 0.280 e. The van der Waals surface area contributed by atoms with Crippen LogP contribution in [0.5, 0.6) is 0 Å². The van der Waals surface area contributed by atoms with Gasteiger partial charge in [0.05, 0.1) is 24.5 Å². The standard InChI is InChI=1S/C26H37N7O2S2/c1-3-35-24(28-2)18-29-14-12-21-17-31-26(36-21)25(34)32-22(8-6-4-5-7-13-27)23-16-19(11-15-30-23)33-37-20-9-10-20/h11,14-18,20,22H,2-10,12-13,27H2,1H3,(H,30,33)(H,32,34)/b24-18+,29-14-. The number of rotatable bonds is 18. The summed E-state index contributed by atoms with van der Waals surface area (Å²) in [6, 6.07) is 3.80. The Labute approximate surface area is 227 Å². The van der Waals surface area contributed by atoms with E-state index in [4.69, 9.17) is 10.5 Å². The summed E-state index contributed by atoms with van der Waals surface area (Å²) in [5, 5.41) is 4.29. The van der Waals surface area contributed by atoms with Crippen LogP contribution in [0.3, 0.4) is 0 Å². The Morgan fingerprint density at radius 2 is 2.19 bits per heavy atom. The van der Waals surface area contributed by atoms with Crippen molar-refractivity contribution in [1.29, 1.82) is 0 Å². The van der Waals surface area contributed by atoms with Crippen molar-refractivity contribution in [3.8, 4) is 0 Å². The van der Waals surface area contributed by atoms with Crippen LogP contribution in [-0.4, -0.2) is 47.2 Å². The molecule has 1 aliphatic rings. The summed E-state index contributed by atoms with van der Waals surface area (Å²) in [4.78, 5) is 30.9. The van der Waals surface area contributed by atoms with Crippen molar-refractivity contribution in [3.05, 3.63) is 52.2 Å². The summed E-state index contributed by atoms with van der Waals surface area (Å²) >= 11 is 3.11. The minimum atomic E-state index is -0.194. The summed E-state index contributed by atoms with van der Waals surface area (Å²) in [6.45, 7) is 6.53. The molecular weight excluding hydrogens is 506 g/mol. The summed E-state index contributed by atoms with van der Waals surface area (Å²) < 4.78 is 8.70.